The monoisotopic (exact) mass is 246 g/mol. The van der Waals surface area contributed by atoms with E-state index in [0.717, 1.165) is 16.5 Å². The first kappa shape index (κ1) is 9.75. The molecule has 0 N–H and O–H groups in total. The number of hydrogen-bond acceptors (Lipinski definition) is 1. The van der Waals surface area contributed by atoms with Crippen molar-refractivity contribution in [1.82, 2.24) is 0 Å². The Morgan fingerprint density at radius 2 is 2.25 bits per heavy atom. The Morgan fingerprint density at radius 1 is 1.58 bits per heavy atom. The Bertz CT molecular complexity index is 309. The average molecular weight is 248 g/mol. The molecule has 0 heterocycles. The number of benzene rings is 1. The molecule has 1 aromatic carbocycles. The summed E-state index contributed by atoms with van der Waals surface area (Å²) in [6.45, 7) is 1.99. The fourth-order valence-corrected chi connectivity index (χ4v) is 1.58. The van der Waals surface area contributed by atoms with Crippen LogP contribution in [0.4, 0.5) is 0 Å². The van der Waals surface area contributed by atoms with Crippen molar-refractivity contribution < 1.29 is 4.79 Å². The lowest BCUT2D eigenvalue weighted by Crippen LogP contribution is -1.95. The van der Waals surface area contributed by atoms with Gasteiger partial charge in [-0.05, 0) is 35.7 Å². The molecule has 1 nitrogen and oxygen atoms in total. The van der Waals surface area contributed by atoms with Crippen LogP contribution in [-0.2, 0) is 6.42 Å². The number of aryl methyl sites for hydroxylation is 1. The van der Waals surface area contributed by atoms with Gasteiger partial charge in [-0.2, -0.15) is 0 Å². The molecule has 0 aromatic heterocycles. The predicted molar refractivity (Wildman–Crippen MR) is 53.7 cm³/mol. The van der Waals surface area contributed by atoms with E-state index < -0.39 is 5.24 Å². The molecule has 12 heavy (non-hydrogen) atoms. The summed E-state index contributed by atoms with van der Waals surface area (Å²) in [6.07, 6.45) is 0.821. The number of hydrogen-bond donors (Lipinski definition) is 0. The van der Waals surface area contributed by atoms with Crippen LogP contribution in [0.5, 0.6) is 0 Å². The summed E-state index contributed by atoms with van der Waals surface area (Å²) >= 11 is 8.68. The normalized spacial score (nSPS) is 9.92. The fourth-order valence-electron chi connectivity index (χ4n) is 1.04. The van der Waals surface area contributed by atoms with Gasteiger partial charge in [0.05, 0.1) is 0 Å². The van der Waals surface area contributed by atoms with Crippen molar-refractivity contribution >= 4 is 32.8 Å². The minimum Gasteiger partial charge on any atom is -0.276 e. The van der Waals surface area contributed by atoms with E-state index in [2.05, 4.69) is 15.9 Å². The molecule has 0 saturated heterocycles. The van der Waals surface area contributed by atoms with Gasteiger partial charge in [0.25, 0.3) is 5.24 Å². The molecule has 0 aliphatic rings. The van der Waals surface area contributed by atoms with Crippen LogP contribution in [-0.4, -0.2) is 5.24 Å². The standard InChI is InChI=1S/C9H8BrClO/c1-2-6-3-4-7(10)5-8(6)9(11)12/h3-5H,2H2,1H3. The highest BCUT2D eigenvalue weighted by atomic mass is 79.9. The average Bonchev–Trinajstić information content (AvgIpc) is 2.04. The molecule has 3 heteroatoms. The number of halogens is 2. The van der Waals surface area contributed by atoms with Crippen LogP contribution in [0.3, 0.4) is 0 Å². The maximum absolute atomic E-state index is 10.9. The molecule has 0 unspecified atom stereocenters. The summed E-state index contributed by atoms with van der Waals surface area (Å²) in [4.78, 5) is 10.9. The number of carbonyl (C=O) groups is 1. The summed E-state index contributed by atoms with van der Waals surface area (Å²) in [7, 11) is 0. The third kappa shape index (κ3) is 2.08. The molecular formula is C9H8BrClO. The van der Waals surface area contributed by atoms with Crippen molar-refractivity contribution in [2.75, 3.05) is 0 Å². The zero-order chi connectivity index (χ0) is 9.14. The second-order valence-electron chi connectivity index (χ2n) is 2.43. The molecule has 0 fully saturated rings. The Kier molecular flexibility index (Phi) is 3.29. The molecule has 0 saturated carbocycles. The van der Waals surface area contributed by atoms with Crippen LogP contribution in [0.2, 0.25) is 0 Å². The van der Waals surface area contributed by atoms with E-state index >= 15 is 0 Å². The lowest BCUT2D eigenvalue weighted by molar-refractivity contribution is 0.108. The maximum Gasteiger partial charge on any atom is 0.252 e. The molecule has 0 aliphatic heterocycles. The van der Waals surface area contributed by atoms with Gasteiger partial charge in [-0.3, -0.25) is 4.79 Å². The van der Waals surface area contributed by atoms with Gasteiger partial charge < -0.3 is 0 Å². The van der Waals surface area contributed by atoms with E-state index in [1.165, 1.54) is 0 Å². The highest BCUT2D eigenvalue weighted by Gasteiger charge is 2.07. The van der Waals surface area contributed by atoms with Crippen molar-refractivity contribution in [1.29, 1.82) is 0 Å². The van der Waals surface area contributed by atoms with E-state index in [0.29, 0.717) is 5.56 Å². The van der Waals surface area contributed by atoms with Gasteiger partial charge in [-0.1, -0.05) is 28.9 Å². The summed E-state index contributed by atoms with van der Waals surface area (Å²) < 4.78 is 0.878. The minimum absolute atomic E-state index is 0.395. The molecule has 0 spiro atoms. The lowest BCUT2D eigenvalue weighted by Gasteiger charge is -2.02. The summed E-state index contributed by atoms with van der Waals surface area (Å²) in [5.74, 6) is 0. The largest absolute Gasteiger partial charge is 0.276 e. The van der Waals surface area contributed by atoms with Crippen LogP contribution in [0, 0.1) is 0 Å². The zero-order valence-electron chi connectivity index (χ0n) is 6.60. The third-order valence-electron chi connectivity index (χ3n) is 1.66. The Morgan fingerprint density at radius 3 is 2.75 bits per heavy atom. The van der Waals surface area contributed by atoms with E-state index in [9.17, 15) is 4.79 Å². The summed E-state index contributed by atoms with van der Waals surface area (Å²) in [5, 5.41) is -0.395. The number of carbonyl (C=O) groups excluding carboxylic acids is 1. The molecule has 64 valence electrons. The van der Waals surface area contributed by atoms with Gasteiger partial charge in [0, 0.05) is 10.0 Å². The van der Waals surface area contributed by atoms with E-state index in [-0.39, 0.29) is 0 Å². The maximum atomic E-state index is 10.9. The first-order valence-corrected chi connectivity index (χ1v) is 4.80. The molecule has 1 aromatic rings. The smallest absolute Gasteiger partial charge is 0.252 e. The second-order valence-corrected chi connectivity index (χ2v) is 3.69. The summed E-state index contributed by atoms with van der Waals surface area (Å²) in [5.41, 5.74) is 1.58. The van der Waals surface area contributed by atoms with Gasteiger partial charge in [-0.25, -0.2) is 0 Å². The first-order chi connectivity index (χ1) is 5.65. The van der Waals surface area contributed by atoms with Crippen molar-refractivity contribution in [3.05, 3.63) is 33.8 Å². The number of rotatable bonds is 2. The molecule has 0 radical (unpaired) electrons. The third-order valence-corrected chi connectivity index (χ3v) is 2.36. The molecule has 0 atom stereocenters. The molecule has 0 bridgehead atoms. The van der Waals surface area contributed by atoms with Crippen molar-refractivity contribution in [3.8, 4) is 0 Å². The Hall–Kier alpha value is -0.340. The van der Waals surface area contributed by atoms with Crippen LogP contribution in [0.25, 0.3) is 0 Å². The van der Waals surface area contributed by atoms with Crippen molar-refractivity contribution in [2.45, 2.75) is 13.3 Å². The van der Waals surface area contributed by atoms with Gasteiger partial charge in [0.15, 0.2) is 0 Å². The van der Waals surface area contributed by atoms with Crippen LogP contribution in [0.15, 0.2) is 22.7 Å². The second kappa shape index (κ2) is 4.06. The van der Waals surface area contributed by atoms with Gasteiger partial charge in [0.1, 0.15) is 0 Å². The van der Waals surface area contributed by atoms with Gasteiger partial charge in [0.2, 0.25) is 0 Å². The van der Waals surface area contributed by atoms with E-state index in [1.807, 2.05) is 19.1 Å². The Balaban J connectivity index is 3.21. The molecule has 1 rings (SSSR count). The predicted octanol–water partition coefficient (Wildman–Crippen LogP) is 3.39. The highest BCUT2D eigenvalue weighted by Crippen LogP contribution is 2.18. The van der Waals surface area contributed by atoms with Crippen molar-refractivity contribution in [3.63, 3.8) is 0 Å². The van der Waals surface area contributed by atoms with E-state index in [4.69, 9.17) is 11.6 Å². The Labute approximate surface area is 84.9 Å². The topological polar surface area (TPSA) is 17.1 Å². The minimum atomic E-state index is -0.395. The quantitative estimate of drug-likeness (QED) is 0.732. The van der Waals surface area contributed by atoms with Crippen molar-refractivity contribution in [2.24, 2.45) is 0 Å². The highest BCUT2D eigenvalue weighted by molar-refractivity contribution is 9.10. The molecule has 0 amide bonds. The first-order valence-electron chi connectivity index (χ1n) is 3.63. The summed E-state index contributed by atoms with van der Waals surface area (Å²) in [6, 6.07) is 5.55. The van der Waals surface area contributed by atoms with Gasteiger partial charge in [-0.15, -0.1) is 0 Å². The lowest BCUT2D eigenvalue weighted by atomic mass is 10.1. The van der Waals surface area contributed by atoms with Crippen LogP contribution < -0.4 is 0 Å². The molecule has 0 aliphatic carbocycles. The van der Waals surface area contributed by atoms with Gasteiger partial charge >= 0.3 is 0 Å². The zero-order valence-corrected chi connectivity index (χ0v) is 8.95. The fraction of sp³-hybridized carbons (Fsp3) is 0.222. The molecular weight excluding hydrogens is 239 g/mol. The van der Waals surface area contributed by atoms with Crippen LogP contribution in [0.1, 0.15) is 22.8 Å². The SMILES string of the molecule is CCc1ccc(Br)cc1C(=O)Cl. The van der Waals surface area contributed by atoms with E-state index in [1.54, 1.807) is 6.07 Å². The van der Waals surface area contributed by atoms with Crippen LogP contribution >= 0.6 is 27.5 Å².